The summed E-state index contributed by atoms with van der Waals surface area (Å²) in [5.74, 6) is 0.499. The average molecular weight is 328 g/mol. The molecule has 0 amide bonds. The second-order valence-corrected chi connectivity index (χ2v) is 6.82. The number of phosphoric ester groups is 1. The highest BCUT2D eigenvalue weighted by Crippen LogP contribution is 2.49. The standard InChI is InChI=1S/C17H29O4P/c1-3-5-6-7-8-9-13-16-20-22(18,19-4-2)21-17-14-11-10-12-15-17/h10-12,14-15H,3-9,13,16H2,1-2H3. The van der Waals surface area contributed by atoms with Gasteiger partial charge in [-0.1, -0.05) is 63.6 Å². The summed E-state index contributed by atoms with van der Waals surface area (Å²) in [4.78, 5) is 0. The van der Waals surface area contributed by atoms with Crippen molar-refractivity contribution in [2.75, 3.05) is 13.2 Å². The number of rotatable bonds is 13. The molecule has 0 aliphatic carbocycles. The third-order valence-electron chi connectivity index (χ3n) is 3.24. The Morgan fingerprint density at radius 2 is 1.50 bits per heavy atom. The third kappa shape index (κ3) is 8.57. The van der Waals surface area contributed by atoms with Crippen molar-refractivity contribution in [3.8, 4) is 5.75 Å². The molecule has 0 radical (unpaired) electrons. The summed E-state index contributed by atoms with van der Waals surface area (Å²) in [6, 6.07) is 8.99. The third-order valence-corrected chi connectivity index (χ3v) is 4.75. The van der Waals surface area contributed by atoms with E-state index in [-0.39, 0.29) is 0 Å². The van der Waals surface area contributed by atoms with Gasteiger partial charge in [-0.2, -0.15) is 0 Å². The molecule has 1 aromatic carbocycles. The van der Waals surface area contributed by atoms with Crippen LogP contribution in [0.1, 0.15) is 58.8 Å². The van der Waals surface area contributed by atoms with Gasteiger partial charge in [-0.3, -0.25) is 9.05 Å². The van der Waals surface area contributed by atoms with Crippen LogP contribution in [0.15, 0.2) is 30.3 Å². The second-order valence-electron chi connectivity index (χ2n) is 5.22. The minimum Gasteiger partial charge on any atom is -0.404 e. The van der Waals surface area contributed by atoms with Gasteiger partial charge in [-0.15, -0.1) is 0 Å². The second kappa shape index (κ2) is 11.7. The number of para-hydroxylation sites is 1. The number of hydrogen-bond acceptors (Lipinski definition) is 4. The first-order chi connectivity index (χ1) is 10.7. The highest BCUT2D eigenvalue weighted by atomic mass is 31.2. The molecule has 0 heterocycles. The first-order valence-electron chi connectivity index (χ1n) is 8.34. The Labute approximate surface area is 134 Å². The smallest absolute Gasteiger partial charge is 0.404 e. The van der Waals surface area contributed by atoms with E-state index >= 15 is 0 Å². The highest BCUT2D eigenvalue weighted by Gasteiger charge is 2.27. The molecular weight excluding hydrogens is 299 g/mol. The minimum atomic E-state index is -3.51. The Kier molecular flexibility index (Phi) is 10.2. The topological polar surface area (TPSA) is 44.8 Å². The van der Waals surface area contributed by atoms with Crippen LogP contribution in [0.4, 0.5) is 0 Å². The van der Waals surface area contributed by atoms with E-state index in [2.05, 4.69) is 6.92 Å². The highest BCUT2D eigenvalue weighted by molar-refractivity contribution is 7.48. The van der Waals surface area contributed by atoms with Crippen LogP contribution in [0.5, 0.6) is 5.75 Å². The molecule has 0 aliphatic heterocycles. The molecular formula is C17H29O4P. The van der Waals surface area contributed by atoms with Gasteiger partial charge in [-0.05, 0) is 25.5 Å². The van der Waals surface area contributed by atoms with Crippen molar-refractivity contribution >= 4 is 7.82 Å². The van der Waals surface area contributed by atoms with E-state index in [1.165, 1.54) is 32.1 Å². The van der Waals surface area contributed by atoms with Gasteiger partial charge in [0.25, 0.3) is 0 Å². The molecule has 0 bridgehead atoms. The van der Waals surface area contributed by atoms with Gasteiger partial charge in [0.15, 0.2) is 0 Å². The van der Waals surface area contributed by atoms with Crippen molar-refractivity contribution in [3.05, 3.63) is 30.3 Å². The van der Waals surface area contributed by atoms with Crippen LogP contribution in [0.2, 0.25) is 0 Å². The first kappa shape index (κ1) is 19.2. The lowest BCUT2D eigenvalue weighted by atomic mass is 10.1. The summed E-state index contributed by atoms with van der Waals surface area (Å²) in [5.41, 5.74) is 0. The molecule has 0 aromatic heterocycles. The summed E-state index contributed by atoms with van der Waals surface area (Å²) >= 11 is 0. The Balaban J connectivity index is 2.27. The zero-order valence-corrected chi connectivity index (χ0v) is 14.7. The van der Waals surface area contributed by atoms with Crippen LogP contribution in [0.25, 0.3) is 0 Å². The normalized spacial score (nSPS) is 13.7. The van der Waals surface area contributed by atoms with Gasteiger partial charge in [-0.25, -0.2) is 4.57 Å². The van der Waals surface area contributed by atoms with Crippen LogP contribution in [-0.4, -0.2) is 13.2 Å². The van der Waals surface area contributed by atoms with Crippen molar-refractivity contribution < 1.29 is 18.1 Å². The number of benzene rings is 1. The average Bonchev–Trinajstić information content (AvgIpc) is 2.51. The van der Waals surface area contributed by atoms with Gasteiger partial charge in [0.1, 0.15) is 5.75 Å². The van der Waals surface area contributed by atoms with Gasteiger partial charge in [0, 0.05) is 0 Å². The Morgan fingerprint density at radius 3 is 2.14 bits per heavy atom. The molecule has 0 aliphatic rings. The van der Waals surface area contributed by atoms with E-state index in [1.807, 2.05) is 18.2 Å². The van der Waals surface area contributed by atoms with Gasteiger partial charge in [0.05, 0.1) is 13.2 Å². The van der Waals surface area contributed by atoms with Crippen molar-refractivity contribution in [1.29, 1.82) is 0 Å². The van der Waals surface area contributed by atoms with Crippen molar-refractivity contribution in [2.45, 2.75) is 58.8 Å². The van der Waals surface area contributed by atoms with Crippen LogP contribution in [0.3, 0.4) is 0 Å². The monoisotopic (exact) mass is 328 g/mol. The Morgan fingerprint density at radius 1 is 0.864 bits per heavy atom. The summed E-state index contributed by atoms with van der Waals surface area (Å²) in [7, 11) is -3.51. The molecule has 4 nitrogen and oxygen atoms in total. The van der Waals surface area contributed by atoms with Crippen molar-refractivity contribution in [1.82, 2.24) is 0 Å². The van der Waals surface area contributed by atoms with Crippen LogP contribution in [0, 0.1) is 0 Å². The van der Waals surface area contributed by atoms with E-state index in [4.69, 9.17) is 13.6 Å². The van der Waals surface area contributed by atoms with Crippen LogP contribution >= 0.6 is 7.82 Å². The Bertz CT molecular complexity index is 422. The molecule has 1 aromatic rings. The number of unbranched alkanes of at least 4 members (excludes halogenated alkanes) is 6. The molecule has 0 saturated carbocycles. The van der Waals surface area contributed by atoms with E-state index in [1.54, 1.807) is 19.1 Å². The maximum absolute atomic E-state index is 12.5. The lowest BCUT2D eigenvalue weighted by Crippen LogP contribution is -2.03. The van der Waals surface area contributed by atoms with Crippen molar-refractivity contribution in [3.63, 3.8) is 0 Å². The predicted octanol–water partition coefficient (Wildman–Crippen LogP) is 5.98. The summed E-state index contributed by atoms with van der Waals surface area (Å²) in [5, 5.41) is 0. The molecule has 126 valence electrons. The molecule has 0 saturated heterocycles. The maximum Gasteiger partial charge on any atom is 0.530 e. The Hall–Kier alpha value is -0.830. The molecule has 1 atom stereocenters. The van der Waals surface area contributed by atoms with E-state index in [0.717, 1.165) is 12.8 Å². The predicted molar refractivity (Wildman–Crippen MR) is 90.2 cm³/mol. The van der Waals surface area contributed by atoms with Gasteiger partial charge >= 0.3 is 7.82 Å². The van der Waals surface area contributed by atoms with Crippen LogP contribution < -0.4 is 4.52 Å². The maximum atomic E-state index is 12.5. The molecule has 0 spiro atoms. The molecule has 1 unspecified atom stereocenters. The van der Waals surface area contributed by atoms with Crippen molar-refractivity contribution in [2.24, 2.45) is 0 Å². The zero-order valence-electron chi connectivity index (χ0n) is 13.8. The molecule has 1 rings (SSSR count). The molecule has 22 heavy (non-hydrogen) atoms. The van der Waals surface area contributed by atoms with Gasteiger partial charge < -0.3 is 4.52 Å². The summed E-state index contributed by atoms with van der Waals surface area (Å²) in [6.07, 6.45) is 8.28. The van der Waals surface area contributed by atoms with E-state index < -0.39 is 7.82 Å². The molecule has 0 N–H and O–H groups in total. The minimum absolute atomic E-state index is 0.293. The van der Waals surface area contributed by atoms with Gasteiger partial charge in [0.2, 0.25) is 0 Å². The van der Waals surface area contributed by atoms with Crippen LogP contribution in [-0.2, 0) is 13.6 Å². The van der Waals surface area contributed by atoms with E-state index in [9.17, 15) is 4.57 Å². The largest absolute Gasteiger partial charge is 0.530 e. The fourth-order valence-corrected chi connectivity index (χ4v) is 3.32. The fraction of sp³-hybridized carbons (Fsp3) is 0.647. The summed E-state index contributed by atoms with van der Waals surface area (Å²) in [6.45, 7) is 4.68. The number of phosphoric acid groups is 1. The summed E-state index contributed by atoms with van der Waals surface area (Å²) < 4.78 is 28.5. The molecule has 0 fully saturated rings. The number of hydrogen-bond donors (Lipinski definition) is 0. The quantitative estimate of drug-likeness (QED) is 0.330. The first-order valence-corrected chi connectivity index (χ1v) is 9.80. The molecule has 5 heteroatoms. The fourth-order valence-electron chi connectivity index (χ4n) is 2.09. The zero-order chi connectivity index (χ0) is 16.1. The SMILES string of the molecule is CCCCCCCCCOP(=O)(OCC)Oc1ccccc1. The lowest BCUT2D eigenvalue weighted by molar-refractivity contribution is 0.158. The lowest BCUT2D eigenvalue weighted by Gasteiger charge is -2.17. The van der Waals surface area contributed by atoms with E-state index in [0.29, 0.717) is 19.0 Å².